The molecule has 2 aromatic carbocycles. The van der Waals surface area contributed by atoms with Crippen LogP contribution in [0.3, 0.4) is 0 Å². The lowest BCUT2D eigenvalue weighted by molar-refractivity contribution is 0.1000. The minimum atomic E-state index is -0.493. The number of hydrogen-bond donors (Lipinski definition) is 1. The van der Waals surface area contributed by atoms with Crippen LogP contribution < -0.4 is 5.73 Å². The summed E-state index contributed by atoms with van der Waals surface area (Å²) >= 11 is 0. The van der Waals surface area contributed by atoms with E-state index in [1.807, 2.05) is 60.8 Å². The number of nitrogens with zero attached hydrogens (tertiary/aromatic N) is 4. The maximum atomic E-state index is 11.3. The Morgan fingerprint density at radius 3 is 2.38 bits per heavy atom. The first-order valence-electron chi connectivity index (χ1n) is 8.04. The van der Waals surface area contributed by atoms with Crippen molar-refractivity contribution in [1.29, 1.82) is 0 Å². The number of aromatic nitrogens is 4. The first-order valence-corrected chi connectivity index (χ1v) is 8.04. The molecule has 0 unspecified atom stereocenters. The van der Waals surface area contributed by atoms with Crippen molar-refractivity contribution in [2.45, 2.75) is 0 Å². The van der Waals surface area contributed by atoms with Gasteiger partial charge < -0.3 is 5.73 Å². The number of carbonyl (C=O) groups is 1. The van der Waals surface area contributed by atoms with Crippen LogP contribution >= 0.6 is 0 Å². The molecule has 6 heteroatoms. The van der Waals surface area contributed by atoms with Crippen molar-refractivity contribution in [2.24, 2.45) is 5.73 Å². The van der Waals surface area contributed by atoms with Crippen molar-refractivity contribution in [3.63, 3.8) is 0 Å². The van der Waals surface area contributed by atoms with Gasteiger partial charge in [-0.05, 0) is 23.8 Å². The second-order valence-corrected chi connectivity index (χ2v) is 5.79. The molecule has 0 aliphatic carbocycles. The standard InChI is InChI=1S/C20H15N5O/c21-20(26)17-10-16(11-22-12-17)14-6-8-18(9-7-14)25-13-19(23-24-25)15-4-2-1-3-5-15/h1-13H,(H2,21,26). The number of primary amides is 1. The van der Waals surface area contributed by atoms with Gasteiger partial charge in [0.25, 0.3) is 0 Å². The normalized spacial score (nSPS) is 10.6. The zero-order valence-corrected chi connectivity index (χ0v) is 13.8. The van der Waals surface area contributed by atoms with Crippen LogP contribution in [0.5, 0.6) is 0 Å². The van der Waals surface area contributed by atoms with E-state index < -0.39 is 5.91 Å². The van der Waals surface area contributed by atoms with Crippen LogP contribution in [0, 0.1) is 0 Å². The Labute approximate surface area is 149 Å². The molecule has 126 valence electrons. The molecule has 0 saturated heterocycles. The van der Waals surface area contributed by atoms with Crippen LogP contribution in [-0.4, -0.2) is 25.9 Å². The number of carbonyl (C=O) groups excluding carboxylic acids is 1. The van der Waals surface area contributed by atoms with E-state index in [-0.39, 0.29) is 0 Å². The zero-order chi connectivity index (χ0) is 17.9. The summed E-state index contributed by atoms with van der Waals surface area (Å²) in [6, 6.07) is 19.4. The molecule has 0 saturated carbocycles. The first kappa shape index (κ1) is 15.7. The minimum absolute atomic E-state index is 0.385. The van der Waals surface area contributed by atoms with Gasteiger partial charge in [0.1, 0.15) is 5.69 Å². The molecule has 0 aliphatic rings. The smallest absolute Gasteiger partial charge is 0.250 e. The van der Waals surface area contributed by atoms with Crippen LogP contribution in [0.4, 0.5) is 0 Å². The van der Waals surface area contributed by atoms with Crippen LogP contribution in [0.2, 0.25) is 0 Å². The molecule has 2 heterocycles. The molecule has 0 fully saturated rings. The van der Waals surface area contributed by atoms with Crippen LogP contribution in [-0.2, 0) is 0 Å². The highest BCUT2D eigenvalue weighted by atomic mass is 16.1. The molecule has 26 heavy (non-hydrogen) atoms. The predicted molar refractivity (Wildman–Crippen MR) is 98.5 cm³/mol. The number of benzene rings is 2. The first-order chi connectivity index (χ1) is 12.7. The quantitative estimate of drug-likeness (QED) is 0.618. The third-order valence-corrected chi connectivity index (χ3v) is 4.05. The average Bonchev–Trinajstić information content (AvgIpc) is 3.19. The van der Waals surface area contributed by atoms with E-state index in [9.17, 15) is 4.79 Å². The van der Waals surface area contributed by atoms with Gasteiger partial charge in [0.15, 0.2) is 0 Å². The monoisotopic (exact) mass is 341 g/mol. The Kier molecular flexibility index (Phi) is 3.99. The summed E-state index contributed by atoms with van der Waals surface area (Å²) in [6.45, 7) is 0. The fraction of sp³-hybridized carbons (Fsp3) is 0. The molecule has 2 aromatic heterocycles. The molecule has 4 rings (SSSR count). The SMILES string of the molecule is NC(=O)c1cncc(-c2ccc(-n3cc(-c4ccccc4)nn3)cc2)c1. The lowest BCUT2D eigenvalue weighted by atomic mass is 10.1. The number of rotatable bonds is 4. The topological polar surface area (TPSA) is 86.7 Å². The molecular weight excluding hydrogens is 326 g/mol. The Hall–Kier alpha value is -3.80. The Morgan fingerprint density at radius 1 is 0.885 bits per heavy atom. The number of pyridine rings is 1. The fourth-order valence-electron chi connectivity index (χ4n) is 2.67. The van der Waals surface area contributed by atoms with Crippen molar-refractivity contribution in [2.75, 3.05) is 0 Å². The van der Waals surface area contributed by atoms with Crippen molar-refractivity contribution in [3.05, 3.63) is 84.8 Å². The van der Waals surface area contributed by atoms with E-state index in [4.69, 9.17) is 5.73 Å². The highest BCUT2D eigenvalue weighted by molar-refractivity contribution is 5.93. The van der Waals surface area contributed by atoms with Gasteiger partial charge in [-0.3, -0.25) is 9.78 Å². The van der Waals surface area contributed by atoms with Crippen molar-refractivity contribution in [1.82, 2.24) is 20.0 Å². The third kappa shape index (κ3) is 3.08. The van der Waals surface area contributed by atoms with E-state index in [1.54, 1.807) is 16.9 Å². The van der Waals surface area contributed by atoms with Gasteiger partial charge in [0, 0.05) is 23.5 Å². The van der Waals surface area contributed by atoms with Gasteiger partial charge >= 0.3 is 0 Å². The average molecular weight is 341 g/mol. The van der Waals surface area contributed by atoms with Gasteiger partial charge in [0.2, 0.25) is 5.91 Å². The summed E-state index contributed by atoms with van der Waals surface area (Å²) in [7, 11) is 0. The summed E-state index contributed by atoms with van der Waals surface area (Å²) in [4.78, 5) is 15.4. The van der Waals surface area contributed by atoms with Crippen LogP contribution in [0.25, 0.3) is 28.1 Å². The fourth-order valence-corrected chi connectivity index (χ4v) is 2.67. The number of amides is 1. The van der Waals surface area contributed by atoms with Crippen LogP contribution in [0.1, 0.15) is 10.4 Å². The summed E-state index contributed by atoms with van der Waals surface area (Å²) < 4.78 is 1.73. The molecule has 6 nitrogen and oxygen atoms in total. The van der Waals surface area contributed by atoms with Gasteiger partial charge in [0.05, 0.1) is 17.4 Å². The summed E-state index contributed by atoms with van der Waals surface area (Å²) in [5.74, 6) is -0.493. The molecule has 0 bridgehead atoms. The predicted octanol–water partition coefficient (Wildman–Crippen LogP) is 3.10. The van der Waals surface area contributed by atoms with Crippen molar-refractivity contribution >= 4 is 5.91 Å². The summed E-state index contributed by atoms with van der Waals surface area (Å²) in [5, 5.41) is 8.42. The van der Waals surface area contributed by atoms with Crippen LogP contribution in [0.15, 0.2) is 79.3 Å². The number of nitrogens with two attached hydrogens (primary N) is 1. The van der Waals surface area contributed by atoms with Gasteiger partial charge in [-0.15, -0.1) is 5.10 Å². The molecular formula is C20H15N5O. The summed E-state index contributed by atoms with van der Waals surface area (Å²) in [6.07, 6.45) is 5.05. The molecule has 4 aromatic rings. The zero-order valence-electron chi connectivity index (χ0n) is 13.8. The Balaban J connectivity index is 1.62. The lowest BCUT2D eigenvalue weighted by Gasteiger charge is -2.05. The third-order valence-electron chi connectivity index (χ3n) is 4.05. The molecule has 0 aliphatic heterocycles. The largest absolute Gasteiger partial charge is 0.366 e. The Morgan fingerprint density at radius 2 is 1.65 bits per heavy atom. The Bertz CT molecular complexity index is 1060. The maximum Gasteiger partial charge on any atom is 0.250 e. The molecule has 0 radical (unpaired) electrons. The molecule has 0 atom stereocenters. The second kappa shape index (κ2) is 6.60. The highest BCUT2D eigenvalue weighted by Gasteiger charge is 2.07. The van der Waals surface area contributed by atoms with E-state index in [0.717, 1.165) is 28.1 Å². The maximum absolute atomic E-state index is 11.3. The molecule has 0 spiro atoms. The number of hydrogen-bond acceptors (Lipinski definition) is 4. The lowest BCUT2D eigenvalue weighted by Crippen LogP contribution is -2.11. The second-order valence-electron chi connectivity index (χ2n) is 5.79. The summed E-state index contributed by atoms with van der Waals surface area (Å²) in [5.41, 5.74) is 10.2. The van der Waals surface area contributed by atoms with E-state index >= 15 is 0 Å². The molecule has 2 N–H and O–H groups in total. The molecule has 1 amide bonds. The highest BCUT2D eigenvalue weighted by Crippen LogP contribution is 2.22. The van der Waals surface area contributed by atoms with Crippen molar-refractivity contribution < 1.29 is 4.79 Å². The van der Waals surface area contributed by atoms with E-state index in [0.29, 0.717) is 5.56 Å². The minimum Gasteiger partial charge on any atom is -0.366 e. The van der Waals surface area contributed by atoms with Gasteiger partial charge in [-0.2, -0.15) is 0 Å². The van der Waals surface area contributed by atoms with E-state index in [1.165, 1.54) is 6.20 Å². The van der Waals surface area contributed by atoms with Crippen molar-refractivity contribution in [3.8, 4) is 28.1 Å². The van der Waals surface area contributed by atoms with Gasteiger partial charge in [-0.25, -0.2) is 4.68 Å². The van der Waals surface area contributed by atoms with E-state index in [2.05, 4.69) is 15.3 Å². The van der Waals surface area contributed by atoms with Gasteiger partial charge in [-0.1, -0.05) is 47.7 Å².